The number of nitrogens with one attached hydrogen (secondary N) is 1. The van der Waals surface area contributed by atoms with E-state index in [0.717, 1.165) is 47.4 Å². The lowest BCUT2D eigenvalue weighted by Gasteiger charge is -2.41. The van der Waals surface area contributed by atoms with Crippen LogP contribution in [-0.2, 0) is 9.53 Å². The fourth-order valence-electron chi connectivity index (χ4n) is 5.21. The maximum atomic E-state index is 13.3. The molecule has 1 N–H and O–H groups in total. The molecule has 0 spiro atoms. The molecule has 28 heavy (non-hydrogen) atoms. The molecule has 3 heterocycles. The van der Waals surface area contributed by atoms with Gasteiger partial charge in [0.25, 0.3) is 0 Å². The van der Waals surface area contributed by atoms with Crippen molar-refractivity contribution in [3.8, 4) is 0 Å². The number of rotatable bonds is 4. The summed E-state index contributed by atoms with van der Waals surface area (Å²) >= 11 is 1.62. The number of carbonyl (C=O) groups is 1. The quantitative estimate of drug-likeness (QED) is 0.759. The zero-order valence-corrected chi connectivity index (χ0v) is 16.9. The smallest absolute Gasteiger partial charge is 0.373 e. The summed E-state index contributed by atoms with van der Waals surface area (Å²) in [6, 6.07) is -0.520. The molecule has 0 radical (unpaired) electrons. The van der Waals surface area contributed by atoms with Gasteiger partial charge in [0, 0.05) is 31.6 Å². The largest absolute Gasteiger partial charge is 0.450 e. The number of fused-ring (bicyclic) bond motifs is 2. The maximum Gasteiger partial charge on any atom is 0.450 e. The number of hydrogen-bond donors (Lipinski definition) is 1. The fourth-order valence-corrected chi connectivity index (χ4v) is 6.38. The number of hydrogen-bond acceptors (Lipinski definition) is 5. The standard InChI is InChI=1S/C20H25F3N2O2S/c1-3-6-19(27-2)7-5-12-13-10-24-11-14(17(26)20(21,22)23)15(13)25-8-4-9-28-18(19)16(12)25/h4,9,14-15,24H,3,5-8,10-11H2,1-2H3. The normalized spacial score (nSPS) is 32.4. The molecule has 1 saturated heterocycles. The van der Waals surface area contributed by atoms with E-state index >= 15 is 0 Å². The molecule has 4 rings (SSSR count). The van der Waals surface area contributed by atoms with Crippen LogP contribution in [0.15, 0.2) is 33.2 Å². The minimum absolute atomic E-state index is 0.0557. The number of methoxy groups -OCH3 is 1. The zero-order chi connectivity index (χ0) is 20.1. The Labute approximate surface area is 167 Å². The second-order valence-corrected chi connectivity index (χ2v) is 8.73. The minimum atomic E-state index is -4.82. The van der Waals surface area contributed by atoms with Gasteiger partial charge in [-0.25, -0.2) is 0 Å². The lowest BCUT2D eigenvalue weighted by molar-refractivity contribution is -0.177. The van der Waals surface area contributed by atoms with E-state index in [0.29, 0.717) is 13.1 Å². The van der Waals surface area contributed by atoms with Gasteiger partial charge in [0.1, 0.15) is 5.60 Å². The van der Waals surface area contributed by atoms with Crippen molar-refractivity contribution in [1.29, 1.82) is 0 Å². The zero-order valence-electron chi connectivity index (χ0n) is 16.1. The van der Waals surface area contributed by atoms with Gasteiger partial charge in [-0.3, -0.25) is 4.79 Å². The predicted octanol–water partition coefficient (Wildman–Crippen LogP) is 3.77. The van der Waals surface area contributed by atoms with E-state index in [2.05, 4.69) is 12.2 Å². The summed E-state index contributed by atoms with van der Waals surface area (Å²) in [5, 5.41) is 5.07. The minimum Gasteiger partial charge on any atom is -0.373 e. The molecule has 3 atom stereocenters. The van der Waals surface area contributed by atoms with Crippen LogP contribution in [0.1, 0.15) is 32.6 Å². The number of piperidine rings is 1. The van der Waals surface area contributed by atoms with Crippen molar-refractivity contribution in [2.75, 3.05) is 26.7 Å². The molecule has 3 aliphatic heterocycles. The number of alkyl halides is 3. The Morgan fingerprint density at radius 1 is 1.46 bits per heavy atom. The van der Waals surface area contributed by atoms with E-state index in [1.807, 2.05) is 16.4 Å². The van der Waals surface area contributed by atoms with Crippen molar-refractivity contribution >= 4 is 17.5 Å². The van der Waals surface area contributed by atoms with Crippen LogP contribution in [0.25, 0.3) is 0 Å². The van der Waals surface area contributed by atoms with Gasteiger partial charge in [-0.05, 0) is 35.8 Å². The molecule has 0 bridgehead atoms. The summed E-state index contributed by atoms with van der Waals surface area (Å²) in [4.78, 5) is 15.3. The summed E-state index contributed by atoms with van der Waals surface area (Å²) in [6.07, 6.45) is 0.569. The van der Waals surface area contributed by atoms with E-state index in [1.54, 1.807) is 18.9 Å². The molecule has 0 saturated carbocycles. The highest BCUT2D eigenvalue weighted by Gasteiger charge is 2.55. The van der Waals surface area contributed by atoms with Crippen LogP contribution in [0.3, 0.4) is 0 Å². The molecule has 4 aliphatic rings. The van der Waals surface area contributed by atoms with Gasteiger partial charge in [-0.2, -0.15) is 13.2 Å². The molecule has 154 valence electrons. The molecule has 1 aliphatic carbocycles. The molecule has 4 nitrogen and oxygen atoms in total. The first-order chi connectivity index (χ1) is 13.3. The van der Waals surface area contributed by atoms with Crippen LogP contribution in [-0.4, -0.2) is 55.2 Å². The highest BCUT2D eigenvalue weighted by Crippen LogP contribution is 2.54. The Kier molecular flexibility index (Phi) is 5.17. The fraction of sp³-hybridized carbons (Fsp3) is 0.650. The first-order valence-corrected chi connectivity index (χ1v) is 10.6. The van der Waals surface area contributed by atoms with Gasteiger partial charge in [-0.1, -0.05) is 31.2 Å². The highest BCUT2D eigenvalue weighted by atomic mass is 32.2. The Morgan fingerprint density at radius 3 is 2.93 bits per heavy atom. The summed E-state index contributed by atoms with van der Waals surface area (Å²) in [7, 11) is 1.72. The second-order valence-electron chi connectivity index (χ2n) is 7.82. The number of Topliss-reactive ketones (excluding diaryl/α,β-unsaturated/α-hetero) is 1. The number of allylic oxidation sites excluding steroid dienone is 1. The summed E-state index contributed by atoms with van der Waals surface area (Å²) < 4.78 is 45.9. The Morgan fingerprint density at radius 2 is 2.25 bits per heavy atom. The van der Waals surface area contributed by atoms with E-state index in [1.165, 1.54) is 0 Å². The van der Waals surface area contributed by atoms with Gasteiger partial charge in [0.05, 0.1) is 17.7 Å². The van der Waals surface area contributed by atoms with Crippen molar-refractivity contribution in [3.05, 3.63) is 33.2 Å². The van der Waals surface area contributed by atoms with E-state index < -0.39 is 29.5 Å². The number of ketones is 1. The van der Waals surface area contributed by atoms with Crippen LogP contribution in [0.4, 0.5) is 13.2 Å². The van der Waals surface area contributed by atoms with Gasteiger partial charge in [-0.15, -0.1) is 0 Å². The number of halogens is 3. The van der Waals surface area contributed by atoms with Gasteiger partial charge in [0.15, 0.2) is 0 Å². The third-order valence-electron chi connectivity index (χ3n) is 6.37. The first-order valence-electron chi connectivity index (χ1n) is 9.76. The van der Waals surface area contributed by atoms with Crippen molar-refractivity contribution in [1.82, 2.24) is 10.2 Å². The molecular formula is C20H25F3N2O2S. The molecule has 0 aromatic rings. The molecule has 0 aromatic heterocycles. The van der Waals surface area contributed by atoms with E-state index in [9.17, 15) is 18.0 Å². The van der Waals surface area contributed by atoms with Gasteiger partial charge < -0.3 is 15.0 Å². The lowest BCUT2D eigenvalue weighted by atomic mass is 9.80. The molecule has 0 amide bonds. The number of carbonyl (C=O) groups excluding carboxylic acids is 1. The Bertz CT molecular complexity index is 774. The Hall–Kier alpha value is -1.25. The first kappa shape index (κ1) is 20.0. The van der Waals surface area contributed by atoms with Crippen molar-refractivity contribution < 1.29 is 22.7 Å². The SMILES string of the molecule is CCCC1(OC)CCC2=C3CNCC(C(=O)C(F)(F)F)C3N3CC=CSC1=C23. The molecular weight excluding hydrogens is 389 g/mol. The van der Waals surface area contributed by atoms with E-state index in [4.69, 9.17) is 4.74 Å². The third-order valence-corrected chi connectivity index (χ3v) is 7.50. The molecule has 3 unspecified atom stereocenters. The maximum absolute atomic E-state index is 13.3. The second kappa shape index (κ2) is 7.22. The van der Waals surface area contributed by atoms with Crippen molar-refractivity contribution in [2.24, 2.45) is 5.92 Å². The van der Waals surface area contributed by atoms with Crippen LogP contribution in [0.2, 0.25) is 0 Å². The third kappa shape index (κ3) is 2.95. The topological polar surface area (TPSA) is 41.6 Å². The van der Waals surface area contributed by atoms with E-state index in [-0.39, 0.29) is 6.54 Å². The summed E-state index contributed by atoms with van der Waals surface area (Å²) in [6.45, 7) is 3.22. The molecule has 0 aromatic carbocycles. The molecule has 8 heteroatoms. The average Bonchev–Trinajstić information content (AvgIpc) is 2.83. The number of thioether (sulfide) groups is 1. The number of nitrogens with zero attached hydrogens (tertiary/aromatic N) is 1. The van der Waals surface area contributed by atoms with Crippen LogP contribution < -0.4 is 5.32 Å². The monoisotopic (exact) mass is 414 g/mol. The van der Waals surface area contributed by atoms with Crippen LogP contribution in [0.5, 0.6) is 0 Å². The van der Waals surface area contributed by atoms with Gasteiger partial charge >= 0.3 is 6.18 Å². The predicted molar refractivity (Wildman–Crippen MR) is 103 cm³/mol. The van der Waals surface area contributed by atoms with Crippen molar-refractivity contribution in [2.45, 2.75) is 50.4 Å². The van der Waals surface area contributed by atoms with Crippen LogP contribution >= 0.6 is 11.8 Å². The average molecular weight is 414 g/mol. The number of ether oxygens (including phenoxy) is 1. The van der Waals surface area contributed by atoms with Crippen LogP contribution in [0, 0.1) is 5.92 Å². The summed E-state index contributed by atoms with van der Waals surface area (Å²) in [5.41, 5.74) is 2.68. The Balaban J connectivity index is 1.84. The summed E-state index contributed by atoms with van der Waals surface area (Å²) in [5.74, 6) is -2.74. The van der Waals surface area contributed by atoms with Crippen molar-refractivity contribution in [3.63, 3.8) is 0 Å². The van der Waals surface area contributed by atoms with Gasteiger partial charge in [0.2, 0.25) is 5.78 Å². The lowest BCUT2D eigenvalue weighted by Crippen LogP contribution is -2.53. The molecule has 1 fully saturated rings. The highest BCUT2D eigenvalue weighted by molar-refractivity contribution is 8.06.